The molecule has 1 aromatic heterocycles. The van der Waals surface area contributed by atoms with Crippen LogP contribution >= 0.6 is 0 Å². The summed E-state index contributed by atoms with van der Waals surface area (Å²) in [5, 5.41) is 15.6. The van der Waals surface area contributed by atoms with E-state index in [1.165, 1.54) is 0 Å². The highest BCUT2D eigenvalue weighted by atomic mass is 16.2. The maximum Gasteiger partial charge on any atom is 0.269 e. The number of rotatable bonds is 3. The monoisotopic (exact) mass is 323 g/mol. The van der Waals surface area contributed by atoms with Gasteiger partial charge in [0.25, 0.3) is 11.8 Å². The first-order valence-corrected chi connectivity index (χ1v) is 7.76. The zero-order valence-corrected chi connectivity index (χ0v) is 13.0. The number of aromatic amines is 1. The largest absolute Gasteiger partial charge is 0.364 e. The van der Waals surface area contributed by atoms with Crippen molar-refractivity contribution in [1.29, 1.82) is 5.26 Å². The molecule has 1 saturated heterocycles. The Labute approximate surface area is 139 Å². The second-order valence-corrected chi connectivity index (χ2v) is 5.77. The van der Waals surface area contributed by atoms with Gasteiger partial charge < -0.3 is 10.6 Å². The highest BCUT2D eigenvalue weighted by Crippen LogP contribution is 2.31. The average Bonchev–Trinajstić information content (AvgIpc) is 3.11. The molecule has 1 aromatic carbocycles. The number of nitrogens with one attached hydrogen (secondary N) is 1. The van der Waals surface area contributed by atoms with E-state index in [2.05, 4.69) is 10.2 Å². The Morgan fingerprint density at radius 3 is 2.67 bits per heavy atom. The Kier molecular flexibility index (Phi) is 4.29. The highest BCUT2D eigenvalue weighted by molar-refractivity contribution is 5.95. The van der Waals surface area contributed by atoms with Gasteiger partial charge in [0.15, 0.2) is 0 Å². The predicted molar refractivity (Wildman–Crippen MR) is 85.9 cm³/mol. The van der Waals surface area contributed by atoms with Crippen LogP contribution in [-0.4, -0.2) is 33.5 Å². The van der Waals surface area contributed by atoms with E-state index >= 15 is 0 Å². The van der Waals surface area contributed by atoms with Gasteiger partial charge in [0.2, 0.25) is 0 Å². The Morgan fingerprint density at radius 1 is 1.29 bits per heavy atom. The van der Waals surface area contributed by atoms with E-state index < -0.39 is 5.91 Å². The van der Waals surface area contributed by atoms with E-state index in [-0.39, 0.29) is 17.6 Å². The minimum atomic E-state index is -0.599. The number of hydrogen-bond acceptors (Lipinski definition) is 4. The summed E-state index contributed by atoms with van der Waals surface area (Å²) in [6, 6.07) is 10.1. The van der Waals surface area contributed by atoms with Gasteiger partial charge in [-0.25, -0.2) is 0 Å². The van der Waals surface area contributed by atoms with Crippen LogP contribution in [0.25, 0.3) is 0 Å². The van der Waals surface area contributed by atoms with Gasteiger partial charge >= 0.3 is 0 Å². The number of nitrogens with zero attached hydrogens (tertiary/aromatic N) is 3. The molecule has 122 valence electrons. The maximum absolute atomic E-state index is 12.8. The van der Waals surface area contributed by atoms with Crippen LogP contribution in [0.5, 0.6) is 0 Å². The zero-order valence-electron chi connectivity index (χ0n) is 13.0. The molecule has 1 fully saturated rings. The Morgan fingerprint density at radius 2 is 2.04 bits per heavy atom. The molecular formula is C17H17N5O2. The summed E-state index contributed by atoms with van der Waals surface area (Å²) in [6.45, 7) is 0.633. The van der Waals surface area contributed by atoms with Gasteiger partial charge in [-0.15, -0.1) is 0 Å². The van der Waals surface area contributed by atoms with Crippen molar-refractivity contribution in [3.63, 3.8) is 0 Å². The number of primary amides is 1. The third-order valence-corrected chi connectivity index (χ3v) is 4.23. The van der Waals surface area contributed by atoms with Gasteiger partial charge in [0, 0.05) is 12.1 Å². The number of nitrogens with two attached hydrogens (primary N) is 1. The first kappa shape index (κ1) is 15.7. The molecule has 7 heteroatoms. The Balaban J connectivity index is 1.86. The summed E-state index contributed by atoms with van der Waals surface area (Å²) in [5.41, 5.74) is 7.18. The number of carbonyl (C=O) groups is 2. The number of amides is 2. The number of H-pyrrole nitrogens is 1. The summed E-state index contributed by atoms with van der Waals surface area (Å²) in [7, 11) is 0. The topological polar surface area (TPSA) is 116 Å². The third-order valence-electron chi connectivity index (χ3n) is 4.23. The van der Waals surface area contributed by atoms with Gasteiger partial charge in [-0.2, -0.15) is 10.4 Å². The van der Waals surface area contributed by atoms with Crippen molar-refractivity contribution in [2.24, 2.45) is 5.73 Å². The molecule has 1 atom stereocenters. The lowest BCUT2D eigenvalue weighted by Crippen LogP contribution is -2.38. The lowest BCUT2D eigenvalue weighted by molar-refractivity contribution is 0.0606. The first-order chi connectivity index (χ1) is 11.6. The van der Waals surface area contributed by atoms with Crippen molar-refractivity contribution in [2.45, 2.75) is 25.3 Å². The molecule has 0 radical (unpaired) electrons. The van der Waals surface area contributed by atoms with Crippen LogP contribution in [0.15, 0.2) is 30.3 Å². The molecule has 3 N–H and O–H groups in total. The lowest BCUT2D eigenvalue weighted by Gasteiger charge is -2.35. The van der Waals surface area contributed by atoms with Crippen LogP contribution in [0.2, 0.25) is 0 Å². The number of hydrogen-bond donors (Lipinski definition) is 2. The molecule has 0 aliphatic carbocycles. The van der Waals surface area contributed by atoms with Crippen LogP contribution < -0.4 is 5.73 Å². The molecular weight excluding hydrogens is 306 g/mol. The van der Waals surface area contributed by atoms with Crippen molar-refractivity contribution < 1.29 is 9.59 Å². The maximum atomic E-state index is 12.8. The molecule has 0 spiro atoms. The molecule has 7 nitrogen and oxygen atoms in total. The fraction of sp³-hybridized carbons (Fsp3) is 0.294. The summed E-state index contributed by atoms with van der Waals surface area (Å²) >= 11 is 0. The second-order valence-electron chi connectivity index (χ2n) is 5.77. The van der Waals surface area contributed by atoms with Crippen LogP contribution in [0.3, 0.4) is 0 Å². The van der Waals surface area contributed by atoms with E-state index in [1.54, 1.807) is 35.2 Å². The fourth-order valence-electron chi connectivity index (χ4n) is 2.98. The second kappa shape index (κ2) is 6.54. The van der Waals surface area contributed by atoms with Crippen LogP contribution in [0, 0.1) is 11.3 Å². The number of likely N-dealkylation sites (tertiary alicyclic amines) is 1. The Bertz CT molecular complexity index is 803. The summed E-state index contributed by atoms with van der Waals surface area (Å²) in [5.74, 6) is -0.697. The van der Waals surface area contributed by atoms with Gasteiger partial charge in [0.05, 0.1) is 23.4 Å². The molecule has 1 aliphatic rings. The average molecular weight is 323 g/mol. The number of carbonyl (C=O) groups excluding carboxylic acids is 2. The standard InChI is InChI=1S/C17H17N5O2/c18-10-11-4-6-12(7-5-11)17(24)22-8-2-1-3-15(22)13-9-14(16(19)23)21-20-13/h4-7,9,15H,1-3,8H2,(H2,19,23)(H,20,21). The summed E-state index contributed by atoms with van der Waals surface area (Å²) in [4.78, 5) is 25.8. The lowest BCUT2D eigenvalue weighted by atomic mass is 9.97. The predicted octanol–water partition coefficient (Wildman–Crippen LogP) is 1.75. The third kappa shape index (κ3) is 2.99. The van der Waals surface area contributed by atoms with Gasteiger partial charge in [-0.3, -0.25) is 14.7 Å². The van der Waals surface area contributed by atoms with E-state index in [4.69, 9.17) is 11.0 Å². The van der Waals surface area contributed by atoms with Crippen molar-refractivity contribution in [1.82, 2.24) is 15.1 Å². The summed E-state index contributed by atoms with van der Waals surface area (Å²) in [6.07, 6.45) is 2.71. The van der Waals surface area contributed by atoms with E-state index in [0.29, 0.717) is 23.4 Å². The SMILES string of the molecule is N#Cc1ccc(C(=O)N2CCCCC2c2cc(C(N)=O)n[nH]2)cc1. The number of piperidine rings is 1. The minimum Gasteiger partial charge on any atom is -0.364 e. The fourth-order valence-corrected chi connectivity index (χ4v) is 2.98. The summed E-state index contributed by atoms with van der Waals surface area (Å²) < 4.78 is 0. The molecule has 2 heterocycles. The van der Waals surface area contributed by atoms with Crippen LogP contribution in [0.4, 0.5) is 0 Å². The molecule has 2 aromatic rings. The minimum absolute atomic E-state index is 0.0978. The highest BCUT2D eigenvalue weighted by Gasteiger charge is 2.30. The van der Waals surface area contributed by atoms with E-state index in [1.807, 2.05) is 6.07 Å². The Hall–Kier alpha value is -3.14. The zero-order chi connectivity index (χ0) is 17.1. The number of aromatic nitrogens is 2. The molecule has 0 saturated carbocycles. The van der Waals surface area contributed by atoms with E-state index in [0.717, 1.165) is 19.3 Å². The molecule has 1 unspecified atom stereocenters. The molecule has 2 amide bonds. The molecule has 0 bridgehead atoms. The normalized spacial score (nSPS) is 17.3. The van der Waals surface area contributed by atoms with Crippen molar-refractivity contribution in [3.05, 3.63) is 52.8 Å². The van der Waals surface area contributed by atoms with Crippen molar-refractivity contribution in [3.8, 4) is 6.07 Å². The van der Waals surface area contributed by atoms with Gasteiger partial charge in [-0.05, 0) is 49.6 Å². The molecule has 3 rings (SSSR count). The van der Waals surface area contributed by atoms with Crippen LogP contribution in [0.1, 0.15) is 57.4 Å². The first-order valence-electron chi connectivity index (χ1n) is 7.76. The van der Waals surface area contributed by atoms with Crippen molar-refractivity contribution >= 4 is 11.8 Å². The smallest absolute Gasteiger partial charge is 0.269 e. The van der Waals surface area contributed by atoms with Gasteiger partial charge in [0.1, 0.15) is 5.69 Å². The molecule has 1 aliphatic heterocycles. The van der Waals surface area contributed by atoms with Gasteiger partial charge in [-0.1, -0.05) is 0 Å². The van der Waals surface area contributed by atoms with Crippen LogP contribution in [-0.2, 0) is 0 Å². The van der Waals surface area contributed by atoms with Crippen molar-refractivity contribution in [2.75, 3.05) is 6.54 Å². The number of benzene rings is 1. The molecule has 24 heavy (non-hydrogen) atoms. The quantitative estimate of drug-likeness (QED) is 0.895. The van der Waals surface area contributed by atoms with E-state index in [9.17, 15) is 9.59 Å². The number of nitriles is 1.